The van der Waals surface area contributed by atoms with Gasteiger partial charge in [0.05, 0.1) is 26.2 Å². The van der Waals surface area contributed by atoms with Crippen LogP contribution in [0, 0.1) is 23.7 Å². The van der Waals surface area contributed by atoms with Crippen molar-refractivity contribution in [3.63, 3.8) is 0 Å². The molecule has 1 saturated heterocycles. The van der Waals surface area contributed by atoms with Gasteiger partial charge in [-0.15, -0.1) is 0 Å². The molecule has 0 saturated carbocycles. The molecule has 1 heterocycles. The van der Waals surface area contributed by atoms with Gasteiger partial charge in [-0.2, -0.15) is 0 Å². The number of carbonyl (C=O) groups is 1. The summed E-state index contributed by atoms with van der Waals surface area (Å²) in [4.78, 5) is 15.4. The molecule has 0 amide bonds. The van der Waals surface area contributed by atoms with Crippen molar-refractivity contribution in [3.8, 4) is 11.5 Å². The highest BCUT2D eigenvalue weighted by Gasteiger charge is 2.39. The second-order valence-electron chi connectivity index (χ2n) is 10.4. The molecule has 204 valence electrons. The predicted molar refractivity (Wildman–Crippen MR) is 147 cm³/mol. The van der Waals surface area contributed by atoms with Gasteiger partial charge >= 0.3 is 5.97 Å². The molecule has 0 bridgehead atoms. The van der Waals surface area contributed by atoms with Gasteiger partial charge in [-0.1, -0.05) is 50.2 Å². The highest BCUT2D eigenvalue weighted by Crippen LogP contribution is 2.36. The first-order valence-electron chi connectivity index (χ1n) is 13.7. The fourth-order valence-electron chi connectivity index (χ4n) is 5.32. The van der Waals surface area contributed by atoms with E-state index < -0.39 is 0 Å². The third-order valence-corrected chi connectivity index (χ3v) is 7.38. The molecular weight excluding hydrogens is 466 g/mol. The maximum absolute atomic E-state index is 12.9. The molecule has 0 aliphatic carbocycles. The lowest BCUT2D eigenvalue weighted by atomic mass is 9.79. The molecule has 2 aromatic rings. The third kappa shape index (κ3) is 8.75. The first-order chi connectivity index (χ1) is 17.9. The van der Waals surface area contributed by atoms with Crippen molar-refractivity contribution >= 4 is 5.97 Å². The number of likely N-dealkylation sites (tertiary alicyclic amines) is 1. The average molecular weight is 512 g/mol. The molecule has 1 fully saturated rings. The Labute approximate surface area is 223 Å². The van der Waals surface area contributed by atoms with Crippen LogP contribution in [0.15, 0.2) is 48.5 Å². The lowest BCUT2D eigenvalue weighted by molar-refractivity contribution is -0.149. The van der Waals surface area contributed by atoms with Gasteiger partial charge in [-0.3, -0.25) is 9.69 Å². The minimum atomic E-state index is -0.0829. The van der Waals surface area contributed by atoms with E-state index in [4.69, 9.17) is 18.9 Å². The average Bonchev–Trinajstić information content (AvgIpc) is 3.29. The van der Waals surface area contributed by atoms with E-state index in [1.165, 1.54) is 11.1 Å². The third-order valence-electron chi connectivity index (χ3n) is 7.38. The van der Waals surface area contributed by atoms with Crippen LogP contribution in [0.4, 0.5) is 0 Å². The molecule has 6 heteroatoms. The van der Waals surface area contributed by atoms with Crippen LogP contribution in [0.1, 0.15) is 44.7 Å². The van der Waals surface area contributed by atoms with Crippen molar-refractivity contribution in [3.05, 3.63) is 59.7 Å². The molecule has 0 N–H and O–H groups in total. The molecule has 1 aliphatic rings. The van der Waals surface area contributed by atoms with Crippen LogP contribution in [-0.4, -0.2) is 58.0 Å². The van der Waals surface area contributed by atoms with E-state index in [9.17, 15) is 4.79 Å². The van der Waals surface area contributed by atoms with E-state index >= 15 is 0 Å². The summed E-state index contributed by atoms with van der Waals surface area (Å²) in [5.74, 6) is 2.59. The fraction of sp³-hybridized carbons (Fsp3) is 0.581. The topological polar surface area (TPSA) is 57.2 Å². The number of hydrogen-bond acceptors (Lipinski definition) is 6. The first kappa shape index (κ1) is 29.0. The minimum absolute atomic E-state index is 0.0539. The SMILES string of the molecule is CCOC(=O)[C@@H]1CN(Cc2ccccc2)C[C@H]1CC(Cc1ccc(OC)c(OCCCOC)c1)C(C)C. The van der Waals surface area contributed by atoms with Crippen LogP contribution >= 0.6 is 0 Å². The lowest BCUT2D eigenvalue weighted by Gasteiger charge is -2.27. The summed E-state index contributed by atoms with van der Waals surface area (Å²) in [6, 6.07) is 16.7. The van der Waals surface area contributed by atoms with Gasteiger partial charge in [-0.25, -0.2) is 0 Å². The van der Waals surface area contributed by atoms with Crippen molar-refractivity contribution in [1.29, 1.82) is 0 Å². The van der Waals surface area contributed by atoms with Crippen LogP contribution in [0.25, 0.3) is 0 Å². The van der Waals surface area contributed by atoms with Gasteiger partial charge in [-0.05, 0) is 60.8 Å². The second kappa shape index (κ2) is 15.0. The molecule has 3 rings (SSSR count). The molecule has 6 nitrogen and oxygen atoms in total. The van der Waals surface area contributed by atoms with E-state index in [0.717, 1.165) is 50.4 Å². The molecule has 1 unspecified atom stereocenters. The number of nitrogens with zero attached hydrogens (tertiary/aromatic N) is 1. The maximum Gasteiger partial charge on any atom is 0.310 e. The molecule has 0 radical (unpaired) electrons. The van der Waals surface area contributed by atoms with Crippen LogP contribution < -0.4 is 9.47 Å². The number of hydrogen-bond donors (Lipinski definition) is 0. The first-order valence-corrected chi connectivity index (χ1v) is 13.7. The number of esters is 1. The summed E-state index contributed by atoms with van der Waals surface area (Å²) in [7, 11) is 3.37. The zero-order chi connectivity index (χ0) is 26.6. The summed E-state index contributed by atoms with van der Waals surface area (Å²) >= 11 is 0. The van der Waals surface area contributed by atoms with Crippen molar-refractivity contribution < 1.29 is 23.7 Å². The van der Waals surface area contributed by atoms with Crippen molar-refractivity contribution in [2.45, 2.75) is 46.6 Å². The quantitative estimate of drug-likeness (QED) is 0.228. The Bertz CT molecular complexity index is 948. The van der Waals surface area contributed by atoms with Gasteiger partial charge in [0.2, 0.25) is 0 Å². The van der Waals surface area contributed by atoms with Crippen LogP contribution in [0.2, 0.25) is 0 Å². The Kier molecular flexibility index (Phi) is 11.7. The van der Waals surface area contributed by atoms with Gasteiger partial charge in [0.1, 0.15) is 0 Å². The van der Waals surface area contributed by atoms with Crippen LogP contribution in [-0.2, 0) is 27.2 Å². The maximum atomic E-state index is 12.9. The summed E-state index contributed by atoms with van der Waals surface area (Å²) in [6.07, 6.45) is 2.75. The Morgan fingerprint density at radius 1 is 1.00 bits per heavy atom. The Hall–Kier alpha value is -2.57. The Morgan fingerprint density at radius 2 is 1.78 bits per heavy atom. The summed E-state index contributed by atoms with van der Waals surface area (Å²) in [5, 5.41) is 0. The normalized spacial score (nSPS) is 18.6. The Balaban J connectivity index is 1.71. The largest absolute Gasteiger partial charge is 0.493 e. The number of rotatable bonds is 15. The van der Waals surface area contributed by atoms with Crippen molar-refractivity contribution in [2.75, 3.05) is 47.1 Å². The zero-order valence-corrected chi connectivity index (χ0v) is 23.3. The van der Waals surface area contributed by atoms with Gasteiger partial charge in [0.15, 0.2) is 11.5 Å². The zero-order valence-electron chi connectivity index (χ0n) is 23.3. The molecule has 2 aromatic carbocycles. The number of carbonyl (C=O) groups excluding carboxylic acids is 1. The monoisotopic (exact) mass is 511 g/mol. The Morgan fingerprint density at radius 3 is 2.46 bits per heavy atom. The molecule has 37 heavy (non-hydrogen) atoms. The highest BCUT2D eigenvalue weighted by molar-refractivity contribution is 5.73. The standard InChI is InChI=1S/C31H45NO5/c1-6-36-31(33)28-22-32(20-24-11-8-7-9-12-24)21-27(28)19-26(23(2)3)17-25-13-14-29(35-5)30(18-25)37-16-10-15-34-4/h7-9,11-14,18,23,26-28H,6,10,15-17,19-22H2,1-5H3/t26?,27-,28-/m1/s1. The number of methoxy groups -OCH3 is 2. The van der Waals surface area contributed by atoms with E-state index in [1.54, 1.807) is 14.2 Å². The van der Waals surface area contributed by atoms with E-state index in [1.807, 2.05) is 19.1 Å². The molecule has 1 aliphatic heterocycles. The minimum Gasteiger partial charge on any atom is -0.493 e. The van der Waals surface area contributed by atoms with Gasteiger partial charge in [0.25, 0.3) is 0 Å². The fourth-order valence-corrected chi connectivity index (χ4v) is 5.32. The molecule has 0 spiro atoms. The van der Waals surface area contributed by atoms with Crippen molar-refractivity contribution in [1.82, 2.24) is 4.90 Å². The highest BCUT2D eigenvalue weighted by atomic mass is 16.5. The smallest absolute Gasteiger partial charge is 0.310 e. The summed E-state index contributed by atoms with van der Waals surface area (Å²) < 4.78 is 22.2. The summed E-state index contributed by atoms with van der Waals surface area (Å²) in [5.41, 5.74) is 2.51. The van der Waals surface area contributed by atoms with Gasteiger partial charge < -0.3 is 18.9 Å². The lowest BCUT2D eigenvalue weighted by Crippen LogP contribution is -2.28. The number of benzene rings is 2. The number of ether oxygens (including phenoxy) is 4. The summed E-state index contributed by atoms with van der Waals surface area (Å²) in [6.45, 7) is 10.7. The van der Waals surface area contributed by atoms with E-state index in [-0.39, 0.29) is 17.8 Å². The van der Waals surface area contributed by atoms with E-state index in [0.29, 0.717) is 31.7 Å². The molecular formula is C31H45NO5. The van der Waals surface area contributed by atoms with E-state index in [2.05, 4.69) is 55.1 Å². The van der Waals surface area contributed by atoms with Gasteiger partial charge in [0, 0.05) is 39.8 Å². The van der Waals surface area contributed by atoms with Crippen LogP contribution in [0.5, 0.6) is 11.5 Å². The van der Waals surface area contributed by atoms with Crippen LogP contribution in [0.3, 0.4) is 0 Å². The predicted octanol–water partition coefficient (Wildman–Crippen LogP) is 5.63. The van der Waals surface area contributed by atoms with Crippen molar-refractivity contribution in [2.24, 2.45) is 23.7 Å². The molecule has 3 atom stereocenters. The second-order valence-corrected chi connectivity index (χ2v) is 10.4. The molecule has 0 aromatic heterocycles.